The van der Waals surface area contributed by atoms with Crippen molar-refractivity contribution < 1.29 is 9.84 Å². The Bertz CT molecular complexity index is 323. The van der Waals surface area contributed by atoms with E-state index in [2.05, 4.69) is 29.2 Å². The maximum Gasteiger partial charge on any atom is 0.0731 e. The van der Waals surface area contributed by atoms with Crippen molar-refractivity contribution in [1.82, 2.24) is 0 Å². The predicted octanol–water partition coefficient (Wildman–Crippen LogP) is 1.79. The number of hydrogen-bond acceptors (Lipinski definition) is 3. The summed E-state index contributed by atoms with van der Waals surface area (Å²) in [5.74, 6) is 0. The molecule has 0 bridgehead atoms. The molecule has 1 atom stereocenters. The molecule has 88 valence electrons. The Morgan fingerprint density at radius 1 is 1.38 bits per heavy atom. The molecule has 1 saturated heterocycles. The Labute approximate surface area is 96.6 Å². The van der Waals surface area contributed by atoms with E-state index in [1.54, 1.807) is 0 Å². The van der Waals surface area contributed by atoms with Crippen molar-refractivity contribution in [2.45, 2.75) is 26.1 Å². The molecule has 1 unspecified atom stereocenters. The summed E-state index contributed by atoms with van der Waals surface area (Å²) in [4.78, 5) is 2.22. The third-order valence-corrected chi connectivity index (χ3v) is 2.94. The van der Waals surface area contributed by atoms with Gasteiger partial charge in [0.15, 0.2) is 0 Å². The second-order valence-electron chi connectivity index (χ2n) is 4.19. The van der Waals surface area contributed by atoms with Gasteiger partial charge in [-0.2, -0.15) is 0 Å². The number of aliphatic hydroxyl groups excluding tert-OH is 1. The van der Waals surface area contributed by atoms with Gasteiger partial charge in [0.1, 0.15) is 0 Å². The number of rotatable bonds is 4. The van der Waals surface area contributed by atoms with Crippen LogP contribution in [0.25, 0.3) is 0 Å². The maximum absolute atomic E-state index is 9.47. The molecule has 0 aliphatic carbocycles. The number of β-amino-alcohol motifs (C(OH)–C–C–N with tert-alkyl or cyclic N) is 1. The first-order valence-corrected chi connectivity index (χ1v) is 5.89. The molecular weight excluding hydrogens is 202 g/mol. The minimum absolute atomic E-state index is 0.164. The Morgan fingerprint density at radius 2 is 2.12 bits per heavy atom. The third-order valence-electron chi connectivity index (χ3n) is 2.94. The normalized spacial score (nSPS) is 20.4. The summed E-state index contributed by atoms with van der Waals surface area (Å²) >= 11 is 0. The molecule has 0 amide bonds. The van der Waals surface area contributed by atoms with Crippen LogP contribution in [0.15, 0.2) is 24.3 Å². The van der Waals surface area contributed by atoms with Crippen LogP contribution in [0.5, 0.6) is 0 Å². The summed E-state index contributed by atoms with van der Waals surface area (Å²) in [7, 11) is 0. The van der Waals surface area contributed by atoms with Crippen molar-refractivity contribution in [2.75, 3.05) is 24.6 Å². The average molecular weight is 221 g/mol. The van der Waals surface area contributed by atoms with Crippen LogP contribution < -0.4 is 4.90 Å². The summed E-state index contributed by atoms with van der Waals surface area (Å²) in [5, 5.41) is 9.47. The van der Waals surface area contributed by atoms with Gasteiger partial charge in [-0.3, -0.25) is 0 Å². The minimum Gasteiger partial charge on any atom is -0.391 e. The fraction of sp³-hybridized carbons (Fsp3) is 0.538. The van der Waals surface area contributed by atoms with Gasteiger partial charge in [0.25, 0.3) is 0 Å². The van der Waals surface area contributed by atoms with Crippen molar-refractivity contribution in [2.24, 2.45) is 0 Å². The fourth-order valence-corrected chi connectivity index (χ4v) is 2.00. The second kappa shape index (κ2) is 5.32. The topological polar surface area (TPSA) is 32.7 Å². The van der Waals surface area contributed by atoms with Crippen LogP contribution in [-0.2, 0) is 11.3 Å². The van der Waals surface area contributed by atoms with Crippen molar-refractivity contribution in [3.63, 3.8) is 0 Å². The lowest BCUT2D eigenvalue weighted by Gasteiger charge is -2.18. The average Bonchev–Trinajstić information content (AvgIpc) is 2.74. The fourth-order valence-electron chi connectivity index (χ4n) is 2.00. The lowest BCUT2D eigenvalue weighted by atomic mass is 10.2. The van der Waals surface area contributed by atoms with Gasteiger partial charge in [0.2, 0.25) is 0 Å². The van der Waals surface area contributed by atoms with Crippen molar-refractivity contribution in [3.8, 4) is 0 Å². The van der Waals surface area contributed by atoms with Crippen LogP contribution >= 0.6 is 0 Å². The van der Waals surface area contributed by atoms with E-state index in [1.807, 2.05) is 6.92 Å². The lowest BCUT2D eigenvalue weighted by molar-refractivity contribution is 0.134. The highest BCUT2D eigenvalue weighted by atomic mass is 16.5. The van der Waals surface area contributed by atoms with Gasteiger partial charge < -0.3 is 14.7 Å². The molecule has 1 aliphatic heterocycles. The summed E-state index contributed by atoms with van der Waals surface area (Å²) in [6.45, 7) is 5.14. The Hall–Kier alpha value is -1.06. The highest BCUT2D eigenvalue weighted by Gasteiger charge is 2.19. The summed E-state index contributed by atoms with van der Waals surface area (Å²) in [6, 6.07) is 8.39. The van der Waals surface area contributed by atoms with E-state index in [0.717, 1.165) is 26.1 Å². The first-order valence-electron chi connectivity index (χ1n) is 5.89. The highest BCUT2D eigenvalue weighted by Crippen LogP contribution is 2.20. The minimum atomic E-state index is -0.164. The molecule has 16 heavy (non-hydrogen) atoms. The molecule has 1 aliphatic rings. The first kappa shape index (κ1) is 11.4. The smallest absolute Gasteiger partial charge is 0.0731 e. The molecule has 0 saturated carbocycles. The monoisotopic (exact) mass is 221 g/mol. The van der Waals surface area contributed by atoms with Gasteiger partial charge in [-0.25, -0.2) is 0 Å². The zero-order chi connectivity index (χ0) is 11.4. The van der Waals surface area contributed by atoms with Crippen LogP contribution in [0.1, 0.15) is 18.9 Å². The standard InChI is InChI=1S/C13H19NO2/c1-2-16-10-11-3-5-12(6-4-11)14-8-7-13(15)9-14/h3-6,13,15H,2,7-10H2,1H3. The molecule has 0 radical (unpaired) electrons. The van der Waals surface area contributed by atoms with Crippen molar-refractivity contribution in [1.29, 1.82) is 0 Å². The van der Waals surface area contributed by atoms with Crippen LogP contribution in [0.4, 0.5) is 5.69 Å². The van der Waals surface area contributed by atoms with E-state index < -0.39 is 0 Å². The summed E-state index contributed by atoms with van der Waals surface area (Å²) in [6.07, 6.45) is 0.712. The van der Waals surface area contributed by atoms with Crippen LogP contribution in [0.2, 0.25) is 0 Å². The van der Waals surface area contributed by atoms with Crippen LogP contribution in [-0.4, -0.2) is 30.9 Å². The van der Waals surface area contributed by atoms with Crippen molar-refractivity contribution in [3.05, 3.63) is 29.8 Å². The van der Waals surface area contributed by atoms with E-state index in [9.17, 15) is 5.11 Å². The van der Waals surface area contributed by atoms with Gasteiger partial charge >= 0.3 is 0 Å². The number of benzene rings is 1. The Morgan fingerprint density at radius 3 is 2.69 bits per heavy atom. The number of nitrogens with zero attached hydrogens (tertiary/aromatic N) is 1. The number of hydrogen-bond donors (Lipinski definition) is 1. The van der Waals surface area contributed by atoms with Gasteiger partial charge in [0.05, 0.1) is 12.7 Å². The zero-order valence-electron chi connectivity index (χ0n) is 9.72. The molecule has 0 spiro atoms. The zero-order valence-corrected chi connectivity index (χ0v) is 9.72. The maximum atomic E-state index is 9.47. The highest BCUT2D eigenvalue weighted by molar-refractivity contribution is 5.48. The number of ether oxygens (including phenoxy) is 1. The number of anilines is 1. The number of aliphatic hydroxyl groups is 1. The second-order valence-corrected chi connectivity index (χ2v) is 4.19. The first-order chi connectivity index (χ1) is 7.79. The van der Waals surface area contributed by atoms with Gasteiger partial charge in [-0.05, 0) is 31.0 Å². The van der Waals surface area contributed by atoms with E-state index in [-0.39, 0.29) is 6.10 Å². The van der Waals surface area contributed by atoms with Crippen LogP contribution in [0.3, 0.4) is 0 Å². The third kappa shape index (κ3) is 2.74. The van der Waals surface area contributed by atoms with Gasteiger partial charge in [0, 0.05) is 25.4 Å². The quantitative estimate of drug-likeness (QED) is 0.841. The van der Waals surface area contributed by atoms with Crippen molar-refractivity contribution >= 4 is 5.69 Å². The van der Waals surface area contributed by atoms with E-state index in [0.29, 0.717) is 6.61 Å². The lowest BCUT2D eigenvalue weighted by Crippen LogP contribution is -2.20. The van der Waals surface area contributed by atoms with Gasteiger partial charge in [-0.1, -0.05) is 12.1 Å². The molecule has 3 nitrogen and oxygen atoms in total. The molecule has 1 aromatic carbocycles. The molecular formula is C13H19NO2. The van der Waals surface area contributed by atoms with E-state index >= 15 is 0 Å². The van der Waals surface area contributed by atoms with Gasteiger partial charge in [-0.15, -0.1) is 0 Å². The van der Waals surface area contributed by atoms with Crippen LogP contribution in [0, 0.1) is 0 Å². The molecule has 0 aromatic heterocycles. The molecule has 1 fully saturated rings. The molecule has 1 N–H and O–H groups in total. The largest absolute Gasteiger partial charge is 0.391 e. The molecule has 1 aromatic rings. The SMILES string of the molecule is CCOCc1ccc(N2CCC(O)C2)cc1. The van der Waals surface area contributed by atoms with E-state index in [4.69, 9.17) is 4.74 Å². The predicted molar refractivity (Wildman–Crippen MR) is 64.6 cm³/mol. The Kier molecular flexibility index (Phi) is 3.80. The molecule has 3 heteroatoms. The summed E-state index contributed by atoms with van der Waals surface area (Å²) < 4.78 is 5.35. The molecule has 2 rings (SSSR count). The van der Waals surface area contributed by atoms with E-state index in [1.165, 1.54) is 11.3 Å². The molecule has 1 heterocycles. The Balaban J connectivity index is 1.96. The summed E-state index contributed by atoms with van der Waals surface area (Å²) in [5.41, 5.74) is 2.39.